The maximum Gasteiger partial charge on any atom is 0.471 e. The zero-order valence-electron chi connectivity index (χ0n) is 9.56. The van der Waals surface area contributed by atoms with Crippen molar-refractivity contribution in [3.63, 3.8) is 0 Å². The minimum Gasteiger partial charge on any atom is -0.315 e. The molecule has 0 aliphatic heterocycles. The Morgan fingerprint density at radius 1 is 1.00 bits per heavy atom. The predicted octanol–water partition coefficient (Wildman–Crippen LogP) is 2.74. The van der Waals surface area contributed by atoms with Crippen molar-refractivity contribution in [2.75, 3.05) is 10.6 Å². The van der Waals surface area contributed by atoms with Crippen molar-refractivity contribution >= 4 is 34.9 Å². The second-order valence-electron chi connectivity index (χ2n) is 3.45. The number of aromatic nitrogens is 1. The molecule has 2 amide bonds. The van der Waals surface area contributed by atoms with Gasteiger partial charge in [0.15, 0.2) is 5.82 Å². The monoisotopic (exact) mass is 335 g/mol. The third-order valence-corrected chi connectivity index (χ3v) is 2.06. The Hall–Kier alpha value is -2.04. The lowest BCUT2D eigenvalue weighted by Gasteiger charge is -2.13. The van der Waals surface area contributed by atoms with E-state index >= 15 is 0 Å². The zero-order chi connectivity index (χ0) is 16.4. The Morgan fingerprint density at radius 2 is 1.48 bits per heavy atom. The van der Waals surface area contributed by atoms with Crippen molar-refractivity contribution in [2.24, 2.45) is 0 Å². The summed E-state index contributed by atoms with van der Waals surface area (Å²) < 4.78 is 72.5. The summed E-state index contributed by atoms with van der Waals surface area (Å²) in [6.45, 7) is 0. The van der Waals surface area contributed by atoms with Gasteiger partial charge in [0.25, 0.3) is 0 Å². The molecule has 0 radical (unpaired) electrons. The maximum absolute atomic E-state index is 12.1. The number of hydrogen-bond donors (Lipinski definition) is 2. The van der Waals surface area contributed by atoms with Crippen LogP contribution in [0.15, 0.2) is 12.3 Å². The highest BCUT2D eigenvalue weighted by Crippen LogP contribution is 2.27. The topological polar surface area (TPSA) is 71.1 Å². The van der Waals surface area contributed by atoms with Crippen LogP contribution < -0.4 is 10.6 Å². The fourth-order valence-corrected chi connectivity index (χ4v) is 1.16. The second kappa shape index (κ2) is 5.76. The van der Waals surface area contributed by atoms with Gasteiger partial charge in [-0.3, -0.25) is 9.59 Å². The minimum absolute atomic E-state index is 0.266. The van der Waals surface area contributed by atoms with Gasteiger partial charge in [0.1, 0.15) is 0 Å². The van der Waals surface area contributed by atoms with Gasteiger partial charge >= 0.3 is 24.2 Å². The summed E-state index contributed by atoms with van der Waals surface area (Å²) in [7, 11) is 0. The van der Waals surface area contributed by atoms with Gasteiger partial charge in [0.05, 0.1) is 10.7 Å². The minimum atomic E-state index is -5.29. The molecule has 1 rings (SSSR count). The van der Waals surface area contributed by atoms with Crippen LogP contribution in [0.5, 0.6) is 0 Å². The van der Waals surface area contributed by atoms with Crippen molar-refractivity contribution in [1.82, 2.24) is 4.98 Å². The number of nitrogens with zero attached hydrogens (tertiary/aromatic N) is 1. The summed E-state index contributed by atoms with van der Waals surface area (Å²) in [6, 6.07) is 0.699. The largest absolute Gasteiger partial charge is 0.471 e. The van der Waals surface area contributed by atoms with Gasteiger partial charge in [-0.15, -0.1) is 0 Å². The van der Waals surface area contributed by atoms with Crippen LogP contribution in [0.3, 0.4) is 0 Å². The normalized spacial score (nSPS) is 12.0. The Balaban J connectivity index is 3.06. The average molecular weight is 336 g/mol. The van der Waals surface area contributed by atoms with Crippen LogP contribution >= 0.6 is 11.6 Å². The Bertz CT molecular complexity index is 572. The molecule has 0 saturated heterocycles. The number of nitrogens with one attached hydrogen (secondary N) is 2. The molecule has 0 spiro atoms. The number of pyridine rings is 1. The van der Waals surface area contributed by atoms with E-state index in [2.05, 4.69) is 4.98 Å². The number of carbonyl (C=O) groups is 2. The molecule has 0 aliphatic rings. The zero-order valence-corrected chi connectivity index (χ0v) is 10.3. The quantitative estimate of drug-likeness (QED) is 0.816. The number of anilines is 2. The molecule has 0 aliphatic carbocycles. The average Bonchev–Trinajstić information content (AvgIpc) is 2.29. The lowest BCUT2D eigenvalue weighted by atomic mass is 10.3. The summed E-state index contributed by atoms with van der Waals surface area (Å²) in [5.74, 6) is -5.87. The molecule has 0 saturated carbocycles. The van der Waals surface area contributed by atoms with Gasteiger partial charge in [0, 0.05) is 6.20 Å². The third-order valence-electron chi connectivity index (χ3n) is 1.85. The summed E-state index contributed by atoms with van der Waals surface area (Å²) in [5, 5.41) is 2.21. The SMILES string of the molecule is O=C(Nc1cc(Cl)cnc1NC(=O)C(F)(F)F)C(F)(F)F. The Morgan fingerprint density at radius 3 is 1.95 bits per heavy atom. The van der Waals surface area contributed by atoms with Crippen molar-refractivity contribution in [1.29, 1.82) is 0 Å². The van der Waals surface area contributed by atoms with E-state index < -0.39 is 35.7 Å². The molecule has 2 N–H and O–H groups in total. The highest BCUT2D eigenvalue weighted by atomic mass is 35.5. The molecule has 1 aromatic heterocycles. The van der Waals surface area contributed by atoms with E-state index in [0.29, 0.717) is 6.07 Å². The predicted molar refractivity (Wildman–Crippen MR) is 58.6 cm³/mol. The number of hydrogen-bond acceptors (Lipinski definition) is 3. The first-order valence-corrected chi connectivity index (χ1v) is 5.21. The Kier molecular flexibility index (Phi) is 4.66. The number of amides is 2. The van der Waals surface area contributed by atoms with Crippen LogP contribution in [0.1, 0.15) is 0 Å². The standard InChI is InChI=1S/C9H4ClF6N3O2/c10-3-1-4(18-6(20)8(11,12)13)5(17-2-3)19-7(21)9(14,15)16/h1-2H,(H,18,20)(H,17,19,21). The Labute approximate surface area is 117 Å². The van der Waals surface area contributed by atoms with Gasteiger partial charge in [-0.2, -0.15) is 26.3 Å². The lowest BCUT2D eigenvalue weighted by molar-refractivity contribution is -0.167. The molecular formula is C9H4ClF6N3O2. The van der Waals surface area contributed by atoms with E-state index in [9.17, 15) is 35.9 Å². The van der Waals surface area contributed by atoms with Crippen LogP contribution in [-0.2, 0) is 9.59 Å². The third kappa shape index (κ3) is 4.77. The van der Waals surface area contributed by atoms with Crippen LogP contribution in [0, 0.1) is 0 Å². The van der Waals surface area contributed by atoms with E-state index in [1.165, 1.54) is 10.6 Å². The first-order chi connectivity index (χ1) is 9.41. The highest BCUT2D eigenvalue weighted by molar-refractivity contribution is 6.31. The van der Waals surface area contributed by atoms with Gasteiger partial charge in [-0.1, -0.05) is 11.6 Å². The maximum atomic E-state index is 12.1. The molecule has 1 heterocycles. The molecule has 0 fully saturated rings. The number of carbonyl (C=O) groups excluding carboxylic acids is 2. The van der Waals surface area contributed by atoms with Crippen molar-refractivity contribution in [2.45, 2.75) is 12.4 Å². The van der Waals surface area contributed by atoms with E-state index in [1.54, 1.807) is 0 Å². The second-order valence-corrected chi connectivity index (χ2v) is 3.89. The molecule has 1 aromatic rings. The number of rotatable bonds is 2. The summed E-state index contributed by atoms with van der Waals surface area (Å²) >= 11 is 5.41. The molecule has 0 unspecified atom stereocenters. The van der Waals surface area contributed by atoms with Gasteiger partial charge in [-0.05, 0) is 6.07 Å². The molecule has 0 bridgehead atoms. The molecule has 21 heavy (non-hydrogen) atoms. The summed E-state index contributed by atoms with van der Waals surface area (Å²) in [4.78, 5) is 24.7. The number of halogens is 7. The molecular weight excluding hydrogens is 332 g/mol. The molecule has 116 valence electrons. The van der Waals surface area contributed by atoms with E-state index in [4.69, 9.17) is 11.6 Å². The smallest absolute Gasteiger partial charge is 0.315 e. The van der Waals surface area contributed by atoms with Crippen molar-refractivity contribution in [3.8, 4) is 0 Å². The van der Waals surface area contributed by atoms with E-state index in [-0.39, 0.29) is 5.02 Å². The van der Waals surface area contributed by atoms with Gasteiger partial charge in [0.2, 0.25) is 0 Å². The first kappa shape index (κ1) is 17.0. The molecule has 0 aromatic carbocycles. The van der Waals surface area contributed by atoms with Crippen LogP contribution in [0.4, 0.5) is 37.8 Å². The van der Waals surface area contributed by atoms with E-state index in [0.717, 1.165) is 6.20 Å². The van der Waals surface area contributed by atoms with Gasteiger partial charge in [-0.25, -0.2) is 4.98 Å². The van der Waals surface area contributed by atoms with Crippen molar-refractivity contribution < 1.29 is 35.9 Å². The van der Waals surface area contributed by atoms with Crippen molar-refractivity contribution in [3.05, 3.63) is 17.3 Å². The molecule has 12 heteroatoms. The fraction of sp³-hybridized carbons (Fsp3) is 0.222. The number of alkyl halides is 6. The van der Waals surface area contributed by atoms with Gasteiger partial charge < -0.3 is 10.6 Å². The van der Waals surface area contributed by atoms with E-state index in [1.807, 2.05) is 0 Å². The lowest BCUT2D eigenvalue weighted by Crippen LogP contribution is -2.33. The summed E-state index contributed by atoms with van der Waals surface area (Å²) in [5.41, 5.74) is -0.831. The van der Waals surface area contributed by atoms with Crippen LogP contribution in [0.2, 0.25) is 5.02 Å². The van der Waals surface area contributed by atoms with Crippen LogP contribution in [0.25, 0.3) is 0 Å². The summed E-state index contributed by atoms with van der Waals surface area (Å²) in [6.07, 6.45) is -9.79. The fourth-order valence-electron chi connectivity index (χ4n) is 1.01. The molecule has 0 atom stereocenters. The highest BCUT2D eigenvalue weighted by Gasteiger charge is 2.41. The van der Waals surface area contributed by atoms with Crippen LogP contribution in [-0.4, -0.2) is 29.2 Å². The first-order valence-electron chi connectivity index (χ1n) is 4.83. The molecule has 5 nitrogen and oxygen atoms in total.